The molecule has 88 valence electrons. The molecule has 2 aromatic carbocycles. The van der Waals surface area contributed by atoms with E-state index in [1.165, 1.54) is 16.3 Å². The number of carbonyl (C=O) groups excluding carboxylic acids is 1. The number of aromatic nitrogens is 2. The highest BCUT2D eigenvalue weighted by molar-refractivity contribution is 5.85. The van der Waals surface area contributed by atoms with Crippen LogP contribution in [-0.2, 0) is 6.54 Å². The highest BCUT2D eigenvalue weighted by Gasteiger charge is 2.02. The monoisotopic (exact) mass is 236 g/mol. The fourth-order valence-corrected chi connectivity index (χ4v) is 2.15. The van der Waals surface area contributed by atoms with Crippen molar-refractivity contribution < 1.29 is 4.79 Å². The fourth-order valence-electron chi connectivity index (χ4n) is 2.15. The van der Waals surface area contributed by atoms with Crippen molar-refractivity contribution in [3.05, 3.63) is 66.2 Å². The van der Waals surface area contributed by atoms with Crippen molar-refractivity contribution in [1.29, 1.82) is 0 Å². The van der Waals surface area contributed by atoms with Crippen molar-refractivity contribution in [2.24, 2.45) is 0 Å². The van der Waals surface area contributed by atoms with Crippen molar-refractivity contribution >= 4 is 17.1 Å². The summed E-state index contributed by atoms with van der Waals surface area (Å²) in [5.74, 6) is 0. The first-order valence-electron chi connectivity index (χ1n) is 5.80. The van der Waals surface area contributed by atoms with Gasteiger partial charge in [-0.15, -0.1) is 0 Å². The maximum absolute atomic E-state index is 10.6. The SMILES string of the molecule is O=Cc1cn(Cc2cccc3ccccc23)cn1. The van der Waals surface area contributed by atoms with Crippen molar-refractivity contribution in [2.45, 2.75) is 6.54 Å². The summed E-state index contributed by atoms with van der Waals surface area (Å²) in [7, 11) is 0. The molecule has 0 aliphatic rings. The molecule has 3 aromatic rings. The van der Waals surface area contributed by atoms with Gasteiger partial charge in [-0.05, 0) is 16.3 Å². The highest BCUT2D eigenvalue weighted by Crippen LogP contribution is 2.19. The number of nitrogens with zero attached hydrogens (tertiary/aromatic N) is 2. The Morgan fingerprint density at radius 2 is 1.94 bits per heavy atom. The minimum atomic E-state index is 0.468. The molecule has 18 heavy (non-hydrogen) atoms. The highest BCUT2D eigenvalue weighted by atomic mass is 16.1. The Bertz CT molecular complexity index is 695. The van der Waals surface area contributed by atoms with E-state index in [1.807, 2.05) is 16.7 Å². The second-order valence-corrected chi connectivity index (χ2v) is 4.23. The molecule has 3 nitrogen and oxygen atoms in total. The Labute approximate surface area is 105 Å². The first-order valence-corrected chi connectivity index (χ1v) is 5.80. The van der Waals surface area contributed by atoms with Gasteiger partial charge in [0.1, 0.15) is 5.69 Å². The van der Waals surface area contributed by atoms with Crippen LogP contribution < -0.4 is 0 Å². The maximum Gasteiger partial charge on any atom is 0.169 e. The van der Waals surface area contributed by atoms with Crippen LogP contribution in [0.2, 0.25) is 0 Å². The van der Waals surface area contributed by atoms with Crippen LogP contribution in [0, 0.1) is 0 Å². The predicted molar refractivity (Wildman–Crippen MR) is 70.7 cm³/mol. The number of aldehydes is 1. The zero-order valence-electron chi connectivity index (χ0n) is 9.78. The van der Waals surface area contributed by atoms with Gasteiger partial charge in [0.2, 0.25) is 0 Å². The molecule has 0 bridgehead atoms. The molecule has 0 aliphatic heterocycles. The number of hydrogen-bond donors (Lipinski definition) is 0. The minimum absolute atomic E-state index is 0.468. The molecule has 3 rings (SSSR count). The van der Waals surface area contributed by atoms with E-state index in [0.29, 0.717) is 5.69 Å². The molecule has 0 amide bonds. The van der Waals surface area contributed by atoms with Gasteiger partial charge >= 0.3 is 0 Å². The molecule has 0 atom stereocenters. The third-order valence-corrected chi connectivity index (χ3v) is 3.01. The summed E-state index contributed by atoms with van der Waals surface area (Å²) in [6.07, 6.45) is 4.21. The van der Waals surface area contributed by atoms with Gasteiger partial charge in [0.05, 0.1) is 6.33 Å². The molecule has 0 N–H and O–H groups in total. The van der Waals surface area contributed by atoms with Crippen LogP contribution >= 0.6 is 0 Å². The van der Waals surface area contributed by atoms with Gasteiger partial charge in [-0.3, -0.25) is 4.79 Å². The maximum atomic E-state index is 10.6. The van der Waals surface area contributed by atoms with Gasteiger partial charge in [-0.1, -0.05) is 42.5 Å². The number of benzene rings is 2. The van der Waals surface area contributed by atoms with Gasteiger partial charge in [0.25, 0.3) is 0 Å². The van der Waals surface area contributed by atoms with Crippen LogP contribution in [0.25, 0.3) is 10.8 Å². The number of rotatable bonds is 3. The summed E-state index contributed by atoms with van der Waals surface area (Å²) in [5.41, 5.74) is 1.69. The van der Waals surface area contributed by atoms with E-state index in [1.54, 1.807) is 12.5 Å². The summed E-state index contributed by atoms with van der Waals surface area (Å²) >= 11 is 0. The molecule has 0 radical (unpaired) electrons. The first-order chi connectivity index (χ1) is 8.86. The zero-order valence-corrected chi connectivity index (χ0v) is 9.78. The van der Waals surface area contributed by atoms with E-state index in [9.17, 15) is 4.79 Å². The van der Waals surface area contributed by atoms with Gasteiger partial charge in [0.15, 0.2) is 6.29 Å². The van der Waals surface area contributed by atoms with Crippen LogP contribution in [0.4, 0.5) is 0 Å². The molecule has 1 heterocycles. The zero-order chi connectivity index (χ0) is 12.4. The molecular formula is C15H12N2O. The van der Waals surface area contributed by atoms with Crippen LogP contribution in [0.5, 0.6) is 0 Å². The molecule has 0 spiro atoms. The van der Waals surface area contributed by atoms with Gasteiger partial charge < -0.3 is 4.57 Å². The lowest BCUT2D eigenvalue weighted by Crippen LogP contribution is -1.97. The Balaban J connectivity index is 2.01. The van der Waals surface area contributed by atoms with Crippen molar-refractivity contribution in [3.8, 4) is 0 Å². The quantitative estimate of drug-likeness (QED) is 0.655. The van der Waals surface area contributed by atoms with E-state index in [0.717, 1.165) is 12.8 Å². The lowest BCUT2D eigenvalue weighted by atomic mass is 10.0. The van der Waals surface area contributed by atoms with Crippen molar-refractivity contribution in [1.82, 2.24) is 9.55 Å². The Morgan fingerprint density at radius 1 is 1.11 bits per heavy atom. The molecule has 1 aromatic heterocycles. The van der Waals surface area contributed by atoms with E-state index in [4.69, 9.17) is 0 Å². The standard InChI is InChI=1S/C15H12N2O/c18-10-14-9-17(11-16-14)8-13-6-3-5-12-4-1-2-7-15(12)13/h1-7,9-11H,8H2. The van der Waals surface area contributed by atoms with Gasteiger partial charge in [0, 0.05) is 12.7 Å². The van der Waals surface area contributed by atoms with Crippen LogP contribution in [-0.4, -0.2) is 15.8 Å². The van der Waals surface area contributed by atoms with E-state index in [2.05, 4.69) is 35.3 Å². The van der Waals surface area contributed by atoms with E-state index in [-0.39, 0.29) is 0 Å². The molecule has 0 fully saturated rings. The third kappa shape index (κ3) is 1.91. The smallest absolute Gasteiger partial charge is 0.169 e. The Morgan fingerprint density at radius 3 is 2.78 bits per heavy atom. The summed E-state index contributed by atoms with van der Waals surface area (Å²) in [4.78, 5) is 14.6. The normalized spacial score (nSPS) is 10.7. The largest absolute Gasteiger partial charge is 0.332 e. The molecule has 3 heteroatoms. The average molecular weight is 236 g/mol. The van der Waals surface area contributed by atoms with Crippen LogP contribution in [0.15, 0.2) is 55.0 Å². The second-order valence-electron chi connectivity index (χ2n) is 4.23. The molecular weight excluding hydrogens is 224 g/mol. The number of fused-ring (bicyclic) bond motifs is 1. The summed E-state index contributed by atoms with van der Waals surface area (Å²) in [6.45, 7) is 0.724. The minimum Gasteiger partial charge on any atom is -0.332 e. The lowest BCUT2D eigenvalue weighted by molar-refractivity contribution is 0.111. The van der Waals surface area contributed by atoms with E-state index < -0.39 is 0 Å². The van der Waals surface area contributed by atoms with E-state index >= 15 is 0 Å². The van der Waals surface area contributed by atoms with Gasteiger partial charge in [-0.25, -0.2) is 4.98 Å². The number of hydrogen-bond acceptors (Lipinski definition) is 2. The Hall–Kier alpha value is -2.42. The molecule has 0 unspecified atom stereocenters. The van der Waals surface area contributed by atoms with Gasteiger partial charge in [-0.2, -0.15) is 0 Å². The first kappa shape index (κ1) is 10.7. The average Bonchev–Trinajstić information content (AvgIpc) is 2.87. The molecule has 0 saturated heterocycles. The second kappa shape index (κ2) is 4.45. The third-order valence-electron chi connectivity index (χ3n) is 3.01. The summed E-state index contributed by atoms with van der Waals surface area (Å²) in [6, 6.07) is 14.5. The molecule has 0 saturated carbocycles. The summed E-state index contributed by atoms with van der Waals surface area (Å²) < 4.78 is 1.92. The molecule has 0 aliphatic carbocycles. The fraction of sp³-hybridized carbons (Fsp3) is 0.0667. The Kier molecular flexibility index (Phi) is 2.65. The van der Waals surface area contributed by atoms with Crippen LogP contribution in [0.1, 0.15) is 16.1 Å². The predicted octanol–water partition coefficient (Wildman–Crippen LogP) is 2.90. The van der Waals surface area contributed by atoms with Crippen molar-refractivity contribution in [3.63, 3.8) is 0 Å². The van der Waals surface area contributed by atoms with Crippen molar-refractivity contribution in [2.75, 3.05) is 0 Å². The lowest BCUT2D eigenvalue weighted by Gasteiger charge is -2.06. The van der Waals surface area contributed by atoms with Crippen LogP contribution in [0.3, 0.4) is 0 Å². The topological polar surface area (TPSA) is 34.9 Å². The number of carbonyl (C=O) groups is 1. The summed E-state index contributed by atoms with van der Waals surface area (Å²) in [5, 5.41) is 2.46. The number of imidazole rings is 1.